The minimum atomic E-state index is 0.464. The molecule has 0 radical (unpaired) electrons. The molecule has 2 aromatic rings. The molecule has 1 aliphatic rings. The first-order valence-electron chi connectivity index (χ1n) is 6.78. The normalized spacial score (nSPS) is 13.8. The summed E-state index contributed by atoms with van der Waals surface area (Å²) in [6.07, 6.45) is 0.464. The second-order valence-electron chi connectivity index (χ2n) is 5.31. The molecule has 0 aliphatic carbocycles. The quantitative estimate of drug-likeness (QED) is 0.922. The first-order valence-corrected chi connectivity index (χ1v) is 6.78. The number of fused-ring (bicyclic) bond motifs is 1. The van der Waals surface area contributed by atoms with Crippen molar-refractivity contribution < 1.29 is 0 Å². The number of benzene rings is 2. The zero-order chi connectivity index (χ0) is 13.9. The van der Waals surface area contributed by atoms with Crippen LogP contribution in [0.15, 0.2) is 42.5 Å². The number of rotatable bonds is 3. The maximum absolute atomic E-state index is 8.67. The van der Waals surface area contributed by atoms with E-state index in [-0.39, 0.29) is 0 Å². The van der Waals surface area contributed by atoms with Crippen LogP contribution in [0.1, 0.15) is 16.7 Å². The molecule has 0 saturated carbocycles. The second-order valence-corrected chi connectivity index (χ2v) is 5.31. The van der Waals surface area contributed by atoms with E-state index < -0.39 is 0 Å². The van der Waals surface area contributed by atoms with Crippen LogP contribution in [0.2, 0.25) is 0 Å². The zero-order valence-corrected chi connectivity index (χ0v) is 11.6. The van der Waals surface area contributed by atoms with E-state index in [4.69, 9.17) is 5.26 Å². The molecule has 3 heteroatoms. The molecule has 3 rings (SSSR count). The van der Waals surface area contributed by atoms with E-state index in [9.17, 15) is 0 Å². The largest absolute Gasteiger partial charge is 0.356 e. The Hall–Kier alpha value is -2.31. The topological polar surface area (TPSA) is 39.1 Å². The van der Waals surface area contributed by atoms with Crippen LogP contribution in [0.4, 0.5) is 11.4 Å². The van der Waals surface area contributed by atoms with Gasteiger partial charge < -0.3 is 5.32 Å². The average Bonchev–Trinajstić information content (AvgIpc) is 2.81. The third-order valence-electron chi connectivity index (χ3n) is 3.61. The molecule has 0 saturated heterocycles. The van der Waals surface area contributed by atoms with E-state index in [2.05, 4.69) is 41.5 Å². The van der Waals surface area contributed by atoms with E-state index in [1.807, 2.05) is 24.3 Å². The number of nitrogens with zero attached hydrogens (tertiary/aromatic N) is 2. The van der Waals surface area contributed by atoms with Gasteiger partial charge >= 0.3 is 0 Å². The summed E-state index contributed by atoms with van der Waals surface area (Å²) >= 11 is 0. The predicted molar refractivity (Wildman–Crippen MR) is 80.7 cm³/mol. The highest BCUT2D eigenvalue weighted by molar-refractivity contribution is 5.61. The van der Waals surface area contributed by atoms with E-state index in [0.717, 1.165) is 30.0 Å². The molecule has 0 bridgehead atoms. The fraction of sp³-hybridized carbons (Fsp3) is 0.235. The maximum atomic E-state index is 8.67. The number of hydrogen-bond donors (Lipinski definition) is 1. The zero-order valence-electron chi connectivity index (χ0n) is 11.6. The van der Waals surface area contributed by atoms with Crippen LogP contribution in [0.25, 0.3) is 0 Å². The van der Waals surface area contributed by atoms with Crippen molar-refractivity contribution in [3.05, 3.63) is 59.2 Å². The Morgan fingerprint density at radius 1 is 1.05 bits per heavy atom. The number of nitrogens with one attached hydrogen (secondary N) is 1. The van der Waals surface area contributed by atoms with Gasteiger partial charge in [0.05, 0.1) is 12.5 Å². The van der Waals surface area contributed by atoms with Crippen molar-refractivity contribution in [1.82, 2.24) is 4.90 Å². The Bertz CT molecular complexity index is 653. The van der Waals surface area contributed by atoms with E-state index in [1.165, 1.54) is 11.1 Å². The fourth-order valence-corrected chi connectivity index (χ4v) is 2.61. The van der Waals surface area contributed by atoms with Gasteiger partial charge in [-0.25, -0.2) is 0 Å². The van der Waals surface area contributed by atoms with Gasteiger partial charge in [-0.3, -0.25) is 4.90 Å². The fourth-order valence-electron chi connectivity index (χ4n) is 2.61. The van der Waals surface area contributed by atoms with Crippen molar-refractivity contribution in [3.63, 3.8) is 0 Å². The van der Waals surface area contributed by atoms with Crippen molar-refractivity contribution >= 4 is 11.4 Å². The molecule has 0 fully saturated rings. The molecule has 0 amide bonds. The minimum Gasteiger partial charge on any atom is -0.356 e. The lowest BCUT2D eigenvalue weighted by atomic mass is 10.1. The molecular formula is C17H17N3. The molecule has 0 unspecified atom stereocenters. The Kier molecular flexibility index (Phi) is 3.41. The van der Waals surface area contributed by atoms with Crippen LogP contribution in [0.5, 0.6) is 0 Å². The molecular weight excluding hydrogens is 246 g/mol. The average molecular weight is 263 g/mol. The van der Waals surface area contributed by atoms with Crippen LogP contribution in [0, 0.1) is 11.3 Å². The summed E-state index contributed by atoms with van der Waals surface area (Å²) in [6, 6.07) is 16.7. The smallest absolute Gasteiger partial charge is 0.0669 e. The minimum absolute atomic E-state index is 0.464. The van der Waals surface area contributed by atoms with Crippen LogP contribution in [-0.2, 0) is 19.5 Å². The van der Waals surface area contributed by atoms with Crippen molar-refractivity contribution in [2.24, 2.45) is 0 Å². The predicted octanol–water partition coefficient (Wildman–Crippen LogP) is 3.44. The van der Waals surface area contributed by atoms with E-state index in [1.54, 1.807) is 0 Å². The van der Waals surface area contributed by atoms with Gasteiger partial charge in [0, 0.05) is 24.5 Å². The van der Waals surface area contributed by atoms with Crippen LogP contribution in [-0.4, -0.2) is 11.9 Å². The molecule has 3 nitrogen and oxygen atoms in total. The van der Waals surface area contributed by atoms with Gasteiger partial charge in [-0.15, -0.1) is 0 Å². The summed E-state index contributed by atoms with van der Waals surface area (Å²) in [5.41, 5.74) is 6.04. The summed E-state index contributed by atoms with van der Waals surface area (Å²) in [4.78, 5) is 2.31. The lowest BCUT2D eigenvalue weighted by Gasteiger charge is -2.08. The number of hydrogen-bond acceptors (Lipinski definition) is 3. The van der Waals surface area contributed by atoms with Gasteiger partial charge in [0.2, 0.25) is 0 Å². The molecule has 2 aromatic carbocycles. The van der Waals surface area contributed by atoms with E-state index >= 15 is 0 Å². The number of nitriles is 1. The molecule has 0 atom stereocenters. The number of anilines is 2. The van der Waals surface area contributed by atoms with Gasteiger partial charge in [0.25, 0.3) is 0 Å². The SMILES string of the molecule is CN1Cc2ccc(Nc3ccc(CC#N)cc3)cc2C1. The van der Waals surface area contributed by atoms with E-state index in [0.29, 0.717) is 6.42 Å². The Balaban J connectivity index is 1.75. The van der Waals surface area contributed by atoms with Gasteiger partial charge in [-0.1, -0.05) is 18.2 Å². The standard InChI is InChI=1S/C17H17N3/c1-20-11-14-4-7-17(10-15(14)12-20)19-16-5-2-13(3-6-16)8-9-18/h2-7,10,19H,8,11-12H2,1H3. The first-order chi connectivity index (χ1) is 9.74. The molecule has 20 heavy (non-hydrogen) atoms. The van der Waals surface area contributed by atoms with Gasteiger partial charge in [0.15, 0.2) is 0 Å². The highest BCUT2D eigenvalue weighted by Gasteiger charge is 2.15. The van der Waals surface area contributed by atoms with Gasteiger partial charge in [-0.05, 0) is 48.0 Å². The van der Waals surface area contributed by atoms with Crippen LogP contribution < -0.4 is 5.32 Å². The van der Waals surface area contributed by atoms with Crippen molar-refractivity contribution in [2.75, 3.05) is 12.4 Å². The van der Waals surface area contributed by atoms with Crippen LogP contribution >= 0.6 is 0 Å². The molecule has 0 spiro atoms. The van der Waals surface area contributed by atoms with Crippen molar-refractivity contribution in [3.8, 4) is 6.07 Å². The van der Waals surface area contributed by atoms with Crippen LogP contribution in [0.3, 0.4) is 0 Å². The van der Waals surface area contributed by atoms with Gasteiger partial charge in [0.1, 0.15) is 0 Å². The van der Waals surface area contributed by atoms with Crippen molar-refractivity contribution in [1.29, 1.82) is 5.26 Å². The second kappa shape index (κ2) is 5.36. The monoisotopic (exact) mass is 263 g/mol. The summed E-state index contributed by atoms with van der Waals surface area (Å²) in [5, 5.41) is 12.1. The lowest BCUT2D eigenvalue weighted by molar-refractivity contribution is 0.353. The molecule has 1 aliphatic heterocycles. The summed E-state index contributed by atoms with van der Waals surface area (Å²) in [6.45, 7) is 2.06. The molecule has 1 heterocycles. The Labute approximate surface area is 119 Å². The highest BCUT2D eigenvalue weighted by Crippen LogP contribution is 2.26. The van der Waals surface area contributed by atoms with Crippen molar-refractivity contribution in [2.45, 2.75) is 19.5 Å². The summed E-state index contributed by atoms with van der Waals surface area (Å²) < 4.78 is 0. The van der Waals surface area contributed by atoms with Gasteiger partial charge in [-0.2, -0.15) is 5.26 Å². The first kappa shape index (κ1) is 12.7. The lowest BCUT2D eigenvalue weighted by Crippen LogP contribution is -2.07. The maximum Gasteiger partial charge on any atom is 0.0669 e. The Morgan fingerprint density at radius 2 is 1.75 bits per heavy atom. The highest BCUT2D eigenvalue weighted by atomic mass is 15.1. The summed E-state index contributed by atoms with van der Waals surface area (Å²) in [5.74, 6) is 0. The molecule has 1 N–H and O–H groups in total. The Morgan fingerprint density at radius 3 is 2.50 bits per heavy atom. The molecule has 0 aromatic heterocycles. The molecule has 100 valence electrons. The third-order valence-corrected chi connectivity index (χ3v) is 3.61. The summed E-state index contributed by atoms with van der Waals surface area (Å²) in [7, 11) is 2.14. The third kappa shape index (κ3) is 2.66.